The highest BCUT2D eigenvalue weighted by Crippen LogP contribution is 2.03. The van der Waals surface area contributed by atoms with Crippen molar-refractivity contribution in [2.75, 3.05) is 20.1 Å². The highest BCUT2D eigenvalue weighted by molar-refractivity contribution is 5.70. The van der Waals surface area contributed by atoms with Gasteiger partial charge in [0.1, 0.15) is 0 Å². The van der Waals surface area contributed by atoms with Crippen LogP contribution in [0.3, 0.4) is 0 Å². The molecule has 0 rings (SSSR count). The lowest BCUT2D eigenvalue weighted by Gasteiger charge is -2.18. The van der Waals surface area contributed by atoms with Crippen LogP contribution in [-0.4, -0.2) is 36.1 Å². The van der Waals surface area contributed by atoms with Gasteiger partial charge in [-0.05, 0) is 20.0 Å². The molecule has 1 atom stereocenters. The molecule has 0 aromatic carbocycles. The summed E-state index contributed by atoms with van der Waals surface area (Å²) in [5, 5.41) is 8.69. The van der Waals surface area contributed by atoms with Gasteiger partial charge in [0.15, 0.2) is 0 Å². The number of carboxylic acids is 1. The summed E-state index contributed by atoms with van der Waals surface area (Å²) in [6.45, 7) is 5.49. The van der Waals surface area contributed by atoms with Gasteiger partial charge in [-0.15, -0.1) is 0 Å². The van der Waals surface area contributed by atoms with Crippen LogP contribution in [0.5, 0.6) is 0 Å². The zero-order chi connectivity index (χ0) is 8.85. The average molecular weight is 159 g/mol. The van der Waals surface area contributed by atoms with Crippen LogP contribution in [0.15, 0.2) is 0 Å². The van der Waals surface area contributed by atoms with Crippen molar-refractivity contribution in [2.24, 2.45) is 5.92 Å². The van der Waals surface area contributed by atoms with E-state index in [2.05, 4.69) is 0 Å². The summed E-state index contributed by atoms with van der Waals surface area (Å²) in [6, 6.07) is 0. The molecule has 0 saturated carbocycles. The van der Waals surface area contributed by atoms with Crippen LogP contribution in [0.2, 0.25) is 0 Å². The number of carboxylic acid groups (broad SMARTS) is 1. The molecule has 0 bridgehead atoms. The van der Waals surface area contributed by atoms with Crippen molar-refractivity contribution in [3.63, 3.8) is 0 Å². The Balaban J connectivity index is 3.77. The molecule has 0 amide bonds. The smallest absolute Gasteiger partial charge is 0.307 e. The third-order valence-electron chi connectivity index (χ3n) is 1.91. The fraction of sp³-hybridized carbons (Fsp3) is 0.875. The number of carbonyl (C=O) groups is 1. The Bertz CT molecular complexity index is 125. The summed E-state index contributed by atoms with van der Waals surface area (Å²) in [4.78, 5) is 12.6. The molecular formula is C8H17NO2. The highest BCUT2D eigenvalue weighted by Gasteiger charge is 2.15. The number of aliphatic carboxylic acids is 1. The topological polar surface area (TPSA) is 40.5 Å². The molecule has 3 heteroatoms. The van der Waals surface area contributed by atoms with Crippen molar-refractivity contribution in [2.45, 2.75) is 20.3 Å². The highest BCUT2D eigenvalue weighted by atomic mass is 16.4. The first-order valence-corrected chi connectivity index (χ1v) is 4.03. The first-order chi connectivity index (χ1) is 5.11. The van der Waals surface area contributed by atoms with Crippen molar-refractivity contribution in [1.82, 2.24) is 4.90 Å². The maximum absolute atomic E-state index is 10.6. The van der Waals surface area contributed by atoms with Gasteiger partial charge in [-0.1, -0.05) is 13.8 Å². The molecular weight excluding hydrogens is 142 g/mol. The van der Waals surface area contributed by atoms with Gasteiger partial charge in [0.05, 0.1) is 5.92 Å². The third kappa shape index (κ3) is 3.98. The zero-order valence-electron chi connectivity index (χ0n) is 7.50. The standard InChI is InChI=1S/C8H17NO2/c1-4-7(8(10)11)6-9(3)5-2/h7H,4-6H2,1-3H3,(H,10,11). The van der Waals surface area contributed by atoms with Crippen LogP contribution in [0.25, 0.3) is 0 Å². The van der Waals surface area contributed by atoms with E-state index in [1.54, 1.807) is 0 Å². The fourth-order valence-electron chi connectivity index (χ4n) is 0.887. The Labute approximate surface area is 68.0 Å². The number of rotatable bonds is 5. The van der Waals surface area contributed by atoms with Crippen LogP contribution in [0, 0.1) is 5.92 Å². The predicted octanol–water partition coefficient (Wildman–Crippen LogP) is 1.05. The monoisotopic (exact) mass is 159 g/mol. The summed E-state index contributed by atoms with van der Waals surface area (Å²) in [5.41, 5.74) is 0. The molecule has 0 saturated heterocycles. The van der Waals surface area contributed by atoms with E-state index in [4.69, 9.17) is 5.11 Å². The van der Waals surface area contributed by atoms with Gasteiger partial charge >= 0.3 is 5.97 Å². The van der Waals surface area contributed by atoms with Crippen LogP contribution >= 0.6 is 0 Å². The molecule has 0 aliphatic rings. The molecule has 0 aromatic rings. The van der Waals surface area contributed by atoms with Crippen molar-refractivity contribution < 1.29 is 9.90 Å². The van der Waals surface area contributed by atoms with Crippen molar-refractivity contribution in [3.05, 3.63) is 0 Å². The second-order valence-corrected chi connectivity index (χ2v) is 2.80. The molecule has 66 valence electrons. The Hall–Kier alpha value is -0.570. The third-order valence-corrected chi connectivity index (χ3v) is 1.91. The molecule has 0 aliphatic heterocycles. The second-order valence-electron chi connectivity index (χ2n) is 2.80. The maximum Gasteiger partial charge on any atom is 0.307 e. The van der Waals surface area contributed by atoms with Crippen LogP contribution in [-0.2, 0) is 4.79 Å². The largest absolute Gasteiger partial charge is 0.481 e. The molecule has 3 nitrogen and oxygen atoms in total. The van der Waals surface area contributed by atoms with E-state index in [0.717, 1.165) is 6.54 Å². The quantitative estimate of drug-likeness (QED) is 0.651. The van der Waals surface area contributed by atoms with E-state index < -0.39 is 5.97 Å². The van der Waals surface area contributed by atoms with Gasteiger partial charge in [0.2, 0.25) is 0 Å². The summed E-state index contributed by atoms with van der Waals surface area (Å²) < 4.78 is 0. The molecule has 0 aromatic heterocycles. The van der Waals surface area contributed by atoms with E-state index in [1.165, 1.54) is 0 Å². The fourth-order valence-corrected chi connectivity index (χ4v) is 0.887. The Kier molecular flexibility index (Phi) is 4.86. The van der Waals surface area contributed by atoms with Crippen molar-refractivity contribution in [1.29, 1.82) is 0 Å². The van der Waals surface area contributed by atoms with Gasteiger partial charge in [-0.2, -0.15) is 0 Å². The molecule has 1 N–H and O–H groups in total. The van der Waals surface area contributed by atoms with Gasteiger partial charge < -0.3 is 10.0 Å². The number of hydrogen-bond donors (Lipinski definition) is 1. The lowest BCUT2D eigenvalue weighted by Crippen LogP contribution is -2.29. The minimum absolute atomic E-state index is 0.208. The summed E-state index contributed by atoms with van der Waals surface area (Å²) >= 11 is 0. The second kappa shape index (κ2) is 5.13. The lowest BCUT2D eigenvalue weighted by atomic mass is 10.1. The minimum Gasteiger partial charge on any atom is -0.481 e. The van der Waals surface area contributed by atoms with E-state index >= 15 is 0 Å². The molecule has 0 spiro atoms. The predicted molar refractivity (Wildman–Crippen MR) is 44.6 cm³/mol. The number of hydrogen-bond acceptors (Lipinski definition) is 2. The summed E-state index contributed by atoms with van der Waals surface area (Å²) in [6.07, 6.45) is 0.708. The first kappa shape index (κ1) is 10.4. The Morgan fingerprint density at radius 3 is 2.36 bits per heavy atom. The van der Waals surface area contributed by atoms with Gasteiger partial charge in [-0.3, -0.25) is 4.79 Å². The van der Waals surface area contributed by atoms with Gasteiger partial charge in [0.25, 0.3) is 0 Å². The maximum atomic E-state index is 10.6. The van der Waals surface area contributed by atoms with E-state index in [0.29, 0.717) is 13.0 Å². The van der Waals surface area contributed by atoms with Crippen LogP contribution in [0.1, 0.15) is 20.3 Å². The minimum atomic E-state index is -0.687. The van der Waals surface area contributed by atoms with Crippen molar-refractivity contribution >= 4 is 5.97 Å². The zero-order valence-corrected chi connectivity index (χ0v) is 7.50. The normalized spacial score (nSPS) is 13.5. The Morgan fingerprint density at radius 1 is 1.55 bits per heavy atom. The van der Waals surface area contributed by atoms with Crippen molar-refractivity contribution in [3.8, 4) is 0 Å². The lowest BCUT2D eigenvalue weighted by molar-refractivity contribution is -0.142. The van der Waals surface area contributed by atoms with Crippen LogP contribution < -0.4 is 0 Å². The SMILES string of the molecule is CCC(CN(C)CC)C(=O)O. The molecule has 0 heterocycles. The molecule has 0 aliphatic carbocycles. The Morgan fingerprint density at radius 2 is 2.09 bits per heavy atom. The summed E-state index contributed by atoms with van der Waals surface area (Å²) in [7, 11) is 1.94. The molecule has 0 radical (unpaired) electrons. The van der Waals surface area contributed by atoms with E-state index in [1.807, 2.05) is 25.8 Å². The molecule has 0 fully saturated rings. The molecule has 1 unspecified atom stereocenters. The van der Waals surface area contributed by atoms with E-state index in [-0.39, 0.29) is 5.92 Å². The molecule has 11 heavy (non-hydrogen) atoms. The first-order valence-electron chi connectivity index (χ1n) is 4.03. The van der Waals surface area contributed by atoms with E-state index in [9.17, 15) is 4.79 Å². The summed E-state index contributed by atoms with van der Waals surface area (Å²) in [5.74, 6) is -0.896. The number of nitrogens with zero attached hydrogens (tertiary/aromatic N) is 1. The van der Waals surface area contributed by atoms with Gasteiger partial charge in [-0.25, -0.2) is 0 Å². The average Bonchev–Trinajstić information content (AvgIpc) is 1.99. The van der Waals surface area contributed by atoms with Crippen LogP contribution in [0.4, 0.5) is 0 Å². The van der Waals surface area contributed by atoms with Gasteiger partial charge in [0, 0.05) is 6.54 Å².